The zero-order chi connectivity index (χ0) is 29.4. The van der Waals surface area contributed by atoms with Gasteiger partial charge in [0.15, 0.2) is 0 Å². The summed E-state index contributed by atoms with van der Waals surface area (Å²) in [6, 6.07) is 18.6. The SMILES string of the molecule is CCOc1ccc(CC2(CN3CC4C[C@H](C3)Cn3c4cccc3=O)C(=O)NC(=O)N(c3ccc(OC)cc3)C2=O)cc1. The van der Waals surface area contributed by atoms with Crippen molar-refractivity contribution in [1.29, 1.82) is 0 Å². The van der Waals surface area contributed by atoms with Crippen LogP contribution in [0.15, 0.2) is 71.5 Å². The van der Waals surface area contributed by atoms with E-state index in [1.165, 1.54) is 7.11 Å². The van der Waals surface area contributed by atoms with Crippen molar-refractivity contribution in [3.8, 4) is 11.5 Å². The minimum atomic E-state index is -1.57. The Morgan fingerprint density at radius 2 is 1.64 bits per heavy atom. The summed E-state index contributed by atoms with van der Waals surface area (Å²) in [5.74, 6) is 0.420. The number of ether oxygens (including phenoxy) is 2. The van der Waals surface area contributed by atoms with Crippen LogP contribution < -0.4 is 25.2 Å². The number of likely N-dealkylation sites (tertiary alicyclic amines) is 1. The molecule has 2 saturated heterocycles. The van der Waals surface area contributed by atoms with Gasteiger partial charge in [0, 0.05) is 43.9 Å². The number of pyridine rings is 1. The summed E-state index contributed by atoms with van der Waals surface area (Å²) < 4.78 is 12.7. The molecule has 3 aliphatic heterocycles. The number of nitrogens with one attached hydrogen (secondary N) is 1. The number of carbonyl (C=O) groups excluding carboxylic acids is 3. The fraction of sp³-hybridized carbons (Fsp3) is 0.375. The van der Waals surface area contributed by atoms with E-state index in [1.807, 2.05) is 41.8 Å². The molecule has 1 aromatic heterocycles. The monoisotopic (exact) mass is 570 g/mol. The lowest BCUT2D eigenvalue weighted by molar-refractivity contribution is -0.144. The van der Waals surface area contributed by atoms with Crippen LogP contribution in [0.5, 0.6) is 11.5 Å². The van der Waals surface area contributed by atoms with Crippen LogP contribution in [-0.4, -0.2) is 60.7 Å². The summed E-state index contributed by atoms with van der Waals surface area (Å²) >= 11 is 0. The van der Waals surface area contributed by atoms with Gasteiger partial charge < -0.3 is 18.9 Å². The average Bonchev–Trinajstić information content (AvgIpc) is 2.98. The maximum Gasteiger partial charge on any atom is 0.335 e. The number of imide groups is 2. The van der Waals surface area contributed by atoms with E-state index in [2.05, 4.69) is 10.2 Å². The predicted octanol–water partition coefficient (Wildman–Crippen LogP) is 3.19. The van der Waals surface area contributed by atoms with E-state index < -0.39 is 23.3 Å². The number of amides is 4. The molecule has 4 heterocycles. The zero-order valence-electron chi connectivity index (χ0n) is 23.7. The number of carbonyl (C=O) groups is 3. The third-order valence-electron chi connectivity index (χ3n) is 8.59. The molecule has 0 saturated carbocycles. The van der Waals surface area contributed by atoms with Crippen molar-refractivity contribution >= 4 is 23.5 Å². The first-order valence-corrected chi connectivity index (χ1v) is 14.3. The molecule has 2 fully saturated rings. The molecule has 0 spiro atoms. The standard InChI is InChI=1S/C32H34N4O6/c1-3-42-26-11-7-21(8-12-26)16-32(20-34-17-22-15-23(19-34)27-5-4-6-28(37)35(27)18-22)29(38)33-31(40)36(30(32)39)24-9-13-25(41-2)14-10-24/h4-14,22-23H,3,15-20H2,1-2H3,(H,33,38,40)/t22-,23?,32?/m1/s1. The third kappa shape index (κ3) is 4.96. The van der Waals surface area contributed by atoms with Crippen LogP contribution >= 0.6 is 0 Å². The Bertz CT molecular complexity index is 1570. The molecular formula is C32H34N4O6. The molecule has 4 amide bonds. The number of fused-ring (bicyclic) bond motifs is 4. The van der Waals surface area contributed by atoms with Crippen LogP contribution in [0.25, 0.3) is 0 Å². The Balaban J connectivity index is 1.36. The topological polar surface area (TPSA) is 110 Å². The van der Waals surface area contributed by atoms with Gasteiger partial charge in [0.2, 0.25) is 5.91 Å². The highest BCUT2D eigenvalue weighted by Gasteiger charge is 2.55. The lowest BCUT2D eigenvalue weighted by Gasteiger charge is -2.47. The molecule has 10 heteroatoms. The largest absolute Gasteiger partial charge is 0.497 e. The van der Waals surface area contributed by atoms with Crippen molar-refractivity contribution in [2.75, 3.05) is 38.3 Å². The van der Waals surface area contributed by atoms with E-state index >= 15 is 0 Å². The molecule has 2 bridgehead atoms. The summed E-state index contributed by atoms with van der Waals surface area (Å²) in [6.45, 7) is 4.40. The molecule has 42 heavy (non-hydrogen) atoms. The molecule has 0 aliphatic carbocycles. The van der Waals surface area contributed by atoms with E-state index in [4.69, 9.17) is 9.47 Å². The van der Waals surface area contributed by atoms with Crippen LogP contribution in [0.4, 0.5) is 10.5 Å². The normalized spacial score (nSPS) is 23.8. The summed E-state index contributed by atoms with van der Waals surface area (Å²) in [6.07, 6.45) is 1.05. The molecule has 218 valence electrons. The van der Waals surface area contributed by atoms with Crippen LogP contribution in [-0.2, 0) is 22.6 Å². The van der Waals surface area contributed by atoms with E-state index in [1.54, 1.807) is 36.4 Å². The van der Waals surface area contributed by atoms with E-state index in [-0.39, 0.29) is 30.4 Å². The Hall–Kier alpha value is -4.44. The first kappa shape index (κ1) is 27.7. The van der Waals surface area contributed by atoms with Crippen molar-refractivity contribution in [3.63, 3.8) is 0 Å². The highest BCUT2D eigenvalue weighted by Crippen LogP contribution is 2.39. The quantitative estimate of drug-likeness (QED) is 0.414. The Kier molecular flexibility index (Phi) is 7.32. The van der Waals surface area contributed by atoms with Crippen molar-refractivity contribution < 1.29 is 23.9 Å². The number of methoxy groups -OCH3 is 1. The van der Waals surface area contributed by atoms with Gasteiger partial charge in [-0.2, -0.15) is 0 Å². The number of piperidine rings is 1. The number of barbiturate groups is 1. The number of anilines is 1. The smallest absolute Gasteiger partial charge is 0.335 e. The van der Waals surface area contributed by atoms with Gasteiger partial charge in [-0.1, -0.05) is 18.2 Å². The molecule has 6 rings (SSSR count). The number of rotatable bonds is 8. The first-order chi connectivity index (χ1) is 20.3. The van der Waals surface area contributed by atoms with Gasteiger partial charge in [-0.25, -0.2) is 9.69 Å². The van der Waals surface area contributed by atoms with Crippen LogP contribution in [0.3, 0.4) is 0 Å². The Labute approximate surface area is 243 Å². The second kappa shape index (κ2) is 11.1. The van der Waals surface area contributed by atoms with Gasteiger partial charge in [-0.3, -0.25) is 19.7 Å². The van der Waals surface area contributed by atoms with Gasteiger partial charge in [0.05, 0.1) is 19.4 Å². The Morgan fingerprint density at radius 3 is 2.36 bits per heavy atom. The van der Waals surface area contributed by atoms with Crippen molar-refractivity contribution in [2.45, 2.75) is 32.2 Å². The molecule has 2 unspecified atom stereocenters. The molecule has 3 atom stereocenters. The molecule has 10 nitrogen and oxygen atoms in total. The maximum atomic E-state index is 14.5. The fourth-order valence-electron chi connectivity index (χ4n) is 6.72. The molecule has 0 radical (unpaired) electrons. The predicted molar refractivity (Wildman–Crippen MR) is 156 cm³/mol. The molecule has 2 aromatic carbocycles. The average molecular weight is 571 g/mol. The third-order valence-corrected chi connectivity index (χ3v) is 8.59. The van der Waals surface area contributed by atoms with Crippen molar-refractivity contribution in [1.82, 2.24) is 14.8 Å². The van der Waals surface area contributed by atoms with Crippen molar-refractivity contribution in [2.24, 2.45) is 11.3 Å². The Morgan fingerprint density at radius 1 is 0.905 bits per heavy atom. The van der Waals surface area contributed by atoms with E-state index in [0.717, 1.165) is 22.6 Å². The van der Waals surface area contributed by atoms with Gasteiger partial charge in [0.1, 0.15) is 16.9 Å². The first-order valence-electron chi connectivity index (χ1n) is 14.3. The number of urea groups is 1. The molecule has 1 N–H and O–H groups in total. The molecule has 3 aromatic rings. The second-order valence-electron chi connectivity index (χ2n) is 11.3. The van der Waals surface area contributed by atoms with Crippen molar-refractivity contribution in [3.05, 3.63) is 88.3 Å². The van der Waals surface area contributed by atoms with Crippen LogP contribution in [0.2, 0.25) is 0 Å². The highest BCUT2D eigenvalue weighted by molar-refractivity contribution is 6.30. The van der Waals surface area contributed by atoms with Gasteiger partial charge >= 0.3 is 6.03 Å². The number of hydrogen-bond acceptors (Lipinski definition) is 7. The van der Waals surface area contributed by atoms with Crippen LogP contribution in [0.1, 0.15) is 30.5 Å². The number of aromatic nitrogens is 1. The summed E-state index contributed by atoms with van der Waals surface area (Å²) in [7, 11) is 1.54. The summed E-state index contributed by atoms with van der Waals surface area (Å²) in [5, 5.41) is 2.49. The van der Waals surface area contributed by atoms with Crippen LogP contribution in [0, 0.1) is 11.3 Å². The minimum absolute atomic E-state index is 0.00176. The molecule has 3 aliphatic rings. The zero-order valence-corrected chi connectivity index (χ0v) is 23.7. The minimum Gasteiger partial charge on any atom is -0.497 e. The second-order valence-corrected chi connectivity index (χ2v) is 11.3. The van der Waals surface area contributed by atoms with E-state index in [9.17, 15) is 19.2 Å². The van der Waals surface area contributed by atoms with Gasteiger partial charge in [-0.05, 0) is 73.7 Å². The molecular weight excluding hydrogens is 536 g/mol. The summed E-state index contributed by atoms with van der Waals surface area (Å²) in [5.41, 5.74) is 0.547. The maximum absolute atomic E-state index is 14.5. The lowest BCUT2D eigenvalue weighted by atomic mass is 9.75. The van der Waals surface area contributed by atoms with Gasteiger partial charge in [-0.15, -0.1) is 0 Å². The number of benzene rings is 2. The van der Waals surface area contributed by atoms with Gasteiger partial charge in [0.25, 0.3) is 11.5 Å². The number of nitrogens with zero attached hydrogens (tertiary/aromatic N) is 3. The van der Waals surface area contributed by atoms with E-state index in [0.29, 0.717) is 43.4 Å². The lowest BCUT2D eigenvalue weighted by Crippen LogP contribution is -2.68. The summed E-state index contributed by atoms with van der Waals surface area (Å²) in [4.78, 5) is 57.2. The highest BCUT2D eigenvalue weighted by atomic mass is 16.5. The fourth-order valence-corrected chi connectivity index (χ4v) is 6.72. The number of hydrogen-bond donors (Lipinski definition) is 1.